The fourth-order valence-corrected chi connectivity index (χ4v) is 3.06. The van der Waals surface area contributed by atoms with Crippen molar-refractivity contribution >= 4 is 5.97 Å². The van der Waals surface area contributed by atoms with Crippen molar-refractivity contribution in [2.24, 2.45) is 5.92 Å². The normalized spacial score (nSPS) is 15.0. The molecule has 1 heterocycles. The molecule has 1 N–H and O–H groups in total. The lowest BCUT2D eigenvalue weighted by Crippen LogP contribution is -2.31. The molecule has 1 aromatic rings. The maximum Gasteiger partial charge on any atom is 0.347 e. The number of aliphatic carboxylic acids is 1. The SMILES string of the molecule is CCc1nc(=O)n(CCC2CCC2)c(CC)c1CC(=O)O. The number of carboxylic acid groups (broad SMARTS) is 1. The van der Waals surface area contributed by atoms with Gasteiger partial charge in [-0.15, -0.1) is 0 Å². The predicted molar refractivity (Wildman–Crippen MR) is 80.6 cm³/mol. The molecule has 0 unspecified atom stereocenters. The summed E-state index contributed by atoms with van der Waals surface area (Å²) in [5.74, 6) is -0.152. The first kappa shape index (κ1) is 15.7. The van der Waals surface area contributed by atoms with Gasteiger partial charge in [0.25, 0.3) is 0 Å². The van der Waals surface area contributed by atoms with Gasteiger partial charge < -0.3 is 5.11 Å². The summed E-state index contributed by atoms with van der Waals surface area (Å²) < 4.78 is 1.70. The lowest BCUT2D eigenvalue weighted by molar-refractivity contribution is -0.136. The molecular weight excluding hydrogens is 268 g/mol. The second-order valence-electron chi connectivity index (χ2n) is 5.78. The molecule has 116 valence electrons. The standard InChI is InChI=1S/C16H24N2O3/c1-3-13-12(10-15(19)20)14(4-2)18(16(21)17-13)9-8-11-6-5-7-11/h11H,3-10H2,1-2H3,(H,19,20). The maximum absolute atomic E-state index is 12.2. The molecule has 1 saturated carbocycles. The Morgan fingerprint density at radius 3 is 2.52 bits per heavy atom. The highest BCUT2D eigenvalue weighted by atomic mass is 16.4. The van der Waals surface area contributed by atoms with Crippen LogP contribution in [0, 0.1) is 5.92 Å². The highest BCUT2D eigenvalue weighted by molar-refractivity contribution is 5.71. The fraction of sp³-hybridized carbons (Fsp3) is 0.688. The van der Waals surface area contributed by atoms with E-state index >= 15 is 0 Å². The number of aromatic nitrogens is 2. The summed E-state index contributed by atoms with van der Waals surface area (Å²) in [5.41, 5.74) is 2.01. The van der Waals surface area contributed by atoms with Gasteiger partial charge in [-0.3, -0.25) is 9.36 Å². The van der Waals surface area contributed by atoms with Crippen molar-refractivity contribution in [2.75, 3.05) is 0 Å². The Hall–Kier alpha value is -1.65. The molecule has 0 aliphatic heterocycles. The van der Waals surface area contributed by atoms with Gasteiger partial charge in [0.05, 0.1) is 12.1 Å². The van der Waals surface area contributed by atoms with Crippen LogP contribution in [0.25, 0.3) is 0 Å². The van der Waals surface area contributed by atoms with E-state index in [4.69, 9.17) is 5.11 Å². The van der Waals surface area contributed by atoms with Gasteiger partial charge >= 0.3 is 11.7 Å². The second-order valence-corrected chi connectivity index (χ2v) is 5.78. The van der Waals surface area contributed by atoms with Crippen LogP contribution in [0.2, 0.25) is 0 Å². The van der Waals surface area contributed by atoms with Crippen LogP contribution in [-0.4, -0.2) is 20.6 Å². The van der Waals surface area contributed by atoms with Crippen LogP contribution < -0.4 is 5.69 Å². The monoisotopic (exact) mass is 292 g/mol. The molecule has 0 bridgehead atoms. The van der Waals surface area contributed by atoms with Crippen molar-refractivity contribution in [1.29, 1.82) is 0 Å². The number of nitrogens with zero attached hydrogens (tertiary/aromatic N) is 2. The summed E-state index contributed by atoms with van der Waals surface area (Å²) >= 11 is 0. The third kappa shape index (κ3) is 3.52. The zero-order valence-corrected chi connectivity index (χ0v) is 12.9. The molecule has 5 heteroatoms. The van der Waals surface area contributed by atoms with Gasteiger partial charge in [-0.05, 0) is 25.2 Å². The number of carboxylic acids is 1. The van der Waals surface area contributed by atoms with Crippen molar-refractivity contribution < 1.29 is 9.90 Å². The smallest absolute Gasteiger partial charge is 0.347 e. The van der Waals surface area contributed by atoms with E-state index < -0.39 is 5.97 Å². The molecule has 1 aliphatic carbocycles. The Morgan fingerprint density at radius 2 is 2.05 bits per heavy atom. The summed E-state index contributed by atoms with van der Waals surface area (Å²) in [6, 6.07) is 0. The van der Waals surface area contributed by atoms with E-state index in [0.717, 1.165) is 23.6 Å². The fourth-order valence-electron chi connectivity index (χ4n) is 3.06. The largest absolute Gasteiger partial charge is 0.481 e. The average Bonchev–Trinajstić information content (AvgIpc) is 2.39. The molecule has 1 aliphatic rings. The van der Waals surface area contributed by atoms with Crippen molar-refractivity contribution in [3.05, 3.63) is 27.4 Å². The van der Waals surface area contributed by atoms with E-state index in [1.807, 2.05) is 13.8 Å². The van der Waals surface area contributed by atoms with Crippen molar-refractivity contribution in [3.8, 4) is 0 Å². The quantitative estimate of drug-likeness (QED) is 0.836. The minimum Gasteiger partial charge on any atom is -0.481 e. The van der Waals surface area contributed by atoms with E-state index in [9.17, 15) is 9.59 Å². The van der Waals surface area contributed by atoms with Gasteiger partial charge in [-0.1, -0.05) is 33.1 Å². The van der Waals surface area contributed by atoms with Crippen LogP contribution in [0.5, 0.6) is 0 Å². The van der Waals surface area contributed by atoms with E-state index in [1.54, 1.807) is 4.57 Å². The van der Waals surface area contributed by atoms with Crippen molar-refractivity contribution in [3.63, 3.8) is 0 Å². The lowest BCUT2D eigenvalue weighted by atomic mass is 9.83. The Balaban J connectivity index is 2.36. The van der Waals surface area contributed by atoms with Crippen molar-refractivity contribution in [2.45, 2.75) is 65.3 Å². The van der Waals surface area contributed by atoms with E-state index in [1.165, 1.54) is 19.3 Å². The zero-order valence-electron chi connectivity index (χ0n) is 12.9. The molecule has 0 spiro atoms. The van der Waals surface area contributed by atoms with Gasteiger partial charge in [-0.25, -0.2) is 4.79 Å². The number of hydrogen-bond donors (Lipinski definition) is 1. The molecule has 0 amide bonds. The molecule has 1 fully saturated rings. The number of hydrogen-bond acceptors (Lipinski definition) is 3. The molecular formula is C16H24N2O3. The number of aryl methyl sites for hydroxylation is 1. The third-order valence-corrected chi connectivity index (χ3v) is 4.47. The summed E-state index contributed by atoms with van der Waals surface area (Å²) in [5, 5.41) is 9.12. The zero-order chi connectivity index (χ0) is 15.4. The first-order valence-electron chi connectivity index (χ1n) is 7.90. The van der Waals surface area contributed by atoms with Crippen molar-refractivity contribution in [1.82, 2.24) is 9.55 Å². The maximum atomic E-state index is 12.2. The summed E-state index contributed by atoms with van der Waals surface area (Å²) in [7, 11) is 0. The molecule has 0 atom stereocenters. The molecule has 0 aromatic carbocycles. The predicted octanol–water partition coefficient (Wildman–Crippen LogP) is 2.19. The van der Waals surface area contributed by atoms with Crippen LogP contribution >= 0.6 is 0 Å². The highest BCUT2D eigenvalue weighted by Gasteiger charge is 2.20. The molecule has 1 aromatic heterocycles. The van der Waals surface area contributed by atoms with Crippen LogP contribution in [0.4, 0.5) is 0 Å². The van der Waals surface area contributed by atoms with Gasteiger partial charge in [0.2, 0.25) is 0 Å². The first-order valence-corrected chi connectivity index (χ1v) is 7.90. The number of carbonyl (C=O) groups is 1. The minimum absolute atomic E-state index is 0.0525. The molecule has 21 heavy (non-hydrogen) atoms. The van der Waals surface area contributed by atoms with Gasteiger partial charge in [0.1, 0.15) is 0 Å². The van der Waals surface area contributed by atoms with Gasteiger partial charge in [-0.2, -0.15) is 4.98 Å². The molecule has 5 nitrogen and oxygen atoms in total. The molecule has 2 rings (SSSR count). The average molecular weight is 292 g/mol. The summed E-state index contributed by atoms with van der Waals surface area (Å²) in [4.78, 5) is 27.5. The summed E-state index contributed by atoms with van der Waals surface area (Å²) in [6.07, 6.45) is 5.98. The Kier molecular flexibility index (Phi) is 5.15. The van der Waals surface area contributed by atoms with Gasteiger partial charge in [0.15, 0.2) is 0 Å². The number of rotatable bonds is 7. The highest BCUT2D eigenvalue weighted by Crippen LogP contribution is 2.29. The third-order valence-electron chi connectivity index (χ3n) is 4.47. The van der Waals surface area contributed by atoms with Crippen LogP contribution in [-0.2, 0) is 30.6 Å². The first-order chi connectivity index (χ1) is 10.1. The topological polar surface area (TPSA) is 72.2 Å². The van der Waals surface area contributed by atoms with E-state index in [-0.39, 0.29) is 12.1 Å². The summed E-state index contributed by atoms with van der Waals surface area (Å²) in [6.45, 7) is 4.54. The van der Waals surface area contributed by atoms with Gasteiger partial charge in [0, 0.05) is 17.8 Å². The van der Waals surface area contributed by atoms with Crippen LogP contribution in [0.1, 0.15) is 56.5 Å². The van der Waals surface area contributed by atoms with E-state index in [2.05, 4.69) is 4.98 Å². The minimum atomic E-state index is -0.870. The van der Waals surface area contributed by atoms with Crippen LogP contribution in [0.3, 0.4) is 0 Å². The lowest BCUT2D eigenvalue weighted by Gasteiger charge is -2.26. The molecule has 0 radical (unpaired) electrons. The van der Waals surface area contributed by atoms with Crippen LogP contribution in [0.15, 0.2) is 4.79 Å². The Labute approximate surface area is 125 Å². The molecule has 0 saturated heterocycles. The second kappa shape index (κ2) is 6.87. The van der Waals surface area contributed by atoms with E-state index in [0.29, 0.717) is 25.1 Å². The Morgan fingerprint density at radius 1 is 1.33 bits per heavy atom. The Bertz CT molecular complexity index is 574.